The SMILES string of the molecule is O=C(O)NCCOCCOCCOCCNC(=O)CCCCn1ccnc1Cn1ccc2ccc(CNCc3[nH]c4ccccc4c3C3NC(=O)c4ccc(O)cc43)cc21. The minimum Gasteiger partial charge on any atom is -0.508 e. The first-order valence-electron chi connectivity index (χ1n) is 20.3. The van der Waals surface area contributed by atoms with Crippen LogP contribution >= 0.6 is 0 Å². The van der Waals surface area contributed by atoms with Crippen LogP contribution < -0.4 is 21.3 Å². The average molecular weight is 821 g/mol. The number of rotatable bonds is 24. The van der Waals surface area contributed by atoms with Gasteiger partial charge in [-0.15, -0.1) is 0 Å². The number of hydrogen-bond donors (Lipinski definition) is 7. The maximum atomic E-state index is 12.9. The second kappa shape index (κ2) is 20.7. The third-order valence-corrected chi connectivity index (χ3v) is 10.5. The van der Waals surface area contributed by atoms with E-state index in [0.717, 1.165) is 69.4 Å². The maximum Gasteiger partial charge on any atom is 0.404 e. The quantitative estimate of drug-likeness (QED) is 0.0416. The van der Waals surface area contributed by atoms with Crippen molar-refractivity contribution in [3.8, 4) is 5.75 Å². The molecule has 6 aromatic rings. The monoisotopic (exact) mass is 820 g/mol. The third kappa shape index (κ3) is 10.9. The van der Waals surface area contributed by atoms with Gasteiger partial charge in [0.2, 0.25) is 5.91 Å². The van der Waals surface area contributed by atoms with Gasteiger partial charge in [-0.25, -0.2) is 9.78 Å². The molecule has 4 heterocycles. The van der Waals surface area contributed by atoms with E-state index in [2.05, 4.69) is 76.9 Å². The summed E-state index contributed by atoms with van der Waals surface area (Å²) >= 11 is 0. The Morgan fingerprint density at radius 3 is 2.43 bits per heavy atom. The highest BCUT2D eigenvalue weighted by Crippen LogP contribution is 2.38. The molecular formula is C44H52N8O8. The lowest BCUT2D eigenvalue weighted by atomic mass is 9.95. The van der Waals surface area contributed by atoms with E-state index in [9.17, 15) is 19.5 Å². The van der Waals surface area contributed by atoms with Crippen molar-refractivity contribution >= 4 is 39.7 Å². The summed E-state index contributed by atoms with van der Waals surface area (Å²) in [6, 6.07) is 21.2. The minimum absolute atomic E-state index is 0.00431. The summed E-state index contributed by atoms with van der Waals surface area (Å²) in [5.41, 5.74) is 6.55. The molecule has 0 spiro atoms. The number of phenols is 1. The molecule has 0 saturated carbocycles. The molecule has 0 aliphatic carbocycles. The van der Waals surface area contributed by atoms with Crippen molar-refractivity contribution in [1.29, 1.82) is 0 Å². The molecule has 1 aliphatic heterocycles. The number of para-hydroxylation sites is 1. The predicted molar refractivity (Wildman–Crippen MR) is 225 cm³/mol. The molecule has 1 atom stereocenters. The Hall–Kier alpha value is -6.20. The zero-order valence-corrected chi connectivity index (χ0v) is 33.5. The number of aromatic hydroxyl groups is 1. The summed E-state index contributed by atoms with van der Waals surface area (Å²) < 4.78 is 20.5. The molecule has 16 heteroatoms. The van der Waals surface area contributed by atoms with Gasteiger partial charge >= 0.3 is 6.09 Å². The molecule has 1 aliphatic rings. The fourth-order valence-electron chi connectivity index (χ4n) is 7.55. The second-order valence-corrected chi connectivity index (χ2v) is 14.6. The molecule has 60 heavy (non-hydrogen) atoms. The number of imidazole rings is 1. The number of carboxylic acid groups (broad SMARTS) is 1. The largest absolute Gasteiger partial charge is 0.508 e. The van der Waals surface area contributed by atoms with E-state index in [-0.39, 0.29) is 30.2 Å². The molecule has 3 aromatic carbocycles. The highest BCUT2D eigenvalue weighted by molar-refractivity contribution is 6.01. The topological polar surface area (TPSA) is 206 Å². The number of ether oxygens (including phenoxy) is 3. The lowest BCUT2D eigenvalue weighted by Crippen LogP contribution is -2.27. The van der Waals surface area contributed by atoms with Gasteiger partial charge in [-0.1, -0.05) is 30.3 Å². The number of H-pyrrole nitrogens is 1. The maximum absolute atomic E-state index is 12.9. The van der Waals surface area contributed by atoms with Gasteiger partial charge in [-0.2, -0.15) is 0 Å². The highest BCUT2D eigenvalue weighted by atomic mass is 16.5. The van der Waals surface area contributed by atoms with Crippen LogP contribution in [0.2, 0.25) is 0 Å². The van der Waals surface area contributed by atoms with Crippen molar-refractivity contribution in [2.75, 3.05) is 52.7 Å². The number of phenolic OH excluding ortho intramolecular Hbond substituents is 1. The van der Waals surface area contributed by atoms with Crippen LogP contribution in [0.4, 0.5) is 4.79 Å². The minimum atomic E-state index is -1.08. The van der Waals surface area contributed by atoms with E-state index in [1.54, 1.807) is 18.2 Å². The van der Waals surface area contributed by atoms with Crippen LogP contribution in [0.3, 0.4) is 0 Å². The molecule has 0 bridgehead atoms. The smallest absolute Gasteiger partial charge is 0.404 e. The van der Waals surface area contributed by atoms with Gasteiger partial charge in [0.25, 0.3) is 5.91 Å². The lowest BCUT2D eigenvalue weighted by Gasteiger charge is -2.15. The summed E-state index contributed by atoms with van der Waals surface area (Å²) in [6.07, 6.45) is 6.85. The van der Waals surface area contributed by atoms with Crippen LogP contribution in [0.25, 0.3) is 21.8 Å². The normalized spacial score (nSPS) is 13.5. The lowest BCUT2D eigenvalue weighted by molar-refractivity contribution is -0.121. The van der Waals surface area contributed by atoms with Crippen molar-refractivity contribution in [3.63, 3.8) is 0 Å². The average Bonchev–Trinajstić information content (AvgIpc) is 4.02. The fraction of sp³-hybridized carbons (Fsp3) is 0.364. The number of aromatic nitrogens is 4. The summed E-state index contributed by atoms with van der Waals surface area (Å²) in [6.45, 7) is 5.48. The molecule has 7 rings (SSSR count). The number of amides is 3. The summed E-state index contributed by atoms with van der Waals surface area (Å²) in [7, 11) is 0. The second-order valence-electron chi connectivity index (χ2n) is 14.6. The van der Waals surface area contributed by atoms with Crippen molar-refractivity contribution < 1.29 is 38.8 Å². The van der Waals surface area contributed by atoms with Crippen molar-refractivity contribution in [1.82, 2.24) is 40.4 Å². The van der Waals surface area contributed by atoms with Gasteiger partial charge in [0, 0.05) is 91.0 Å². The summed E-state index contributed by atoms with van der Waals surface area (Å²) in [5.74, 6) is 0.921. The van der Waals surface area contributed by atoms with Crippen molar-refractivity contribution in [3.05, 3.63) is 119 Å². The van der Waals surface area contributed by atoms with Crippen molar-refractivity contribution in [2.24, 2.45) is 0 Å². The van der Waals surface area contributed by atoms with E-state index in [4.69, 9.17) is 19.3 Å². The number of fused-ring (bicyclic) bond motifs is 3. The zero-order chi connectivity index (χ0) is 41.7. The first-order chi connectivity index (χ1) is 29.3. The van der Waals surface area contributed by atoms with Gasteiger partial charge in [-0.05, 0) is 65.8 Å². The fourth-order valence-corrected chi connectivity index (χ4v) is 7.55. The molecule has 0 radical (unpaired) electrons. The number of unbranched alkanes of at least 4 members (excludes halogenated alkanes) is 1. The standard InChI is InChI=1S/C44H52N8O8/c53-32-10-11-33-35(26-32)42(50-43(33)55)41-34-5-1-2-6-36(34)49-37(41)28-45-27-30-8-9-31-12-17-52(38(31)25-30)29-39-46-13-18-51(39)16-4-3-7-40(54)47-14-19-58-21-23-60-24-22-59-20-15-48-44(56)57/h1-2,5-6,8-13,17-18,25-26,42,45,48-49,53H,3-4,7,14-16,19-24,27-29H2,(H,47,54)(H,50,55)(H,56,57). The number of carbonyl (C=O) groups excluding carboxylic acids is 2. The van der Waals surface area contributed by atoms with Crippen LogP contribution in [-0.4, -0.2) is 100.0 Å². The molecule has 1 unspecified atom stereocenters. The summed E-state index contributed by atoms with van der Waals surface area (Å²) in [5, 5.41) is 32.8. The van der Waals surface area contributed by atoms with Crippen LogP contribution in [0.5, 0.6) is 5.75 Å². The van der Waals surface area contributed by atoms with Crippen LogP contribution in [0.15, 0.2) is 85.3 Å². The van der Waals surface area contributed by atoms with Crippen LogP contribution in [0.1, 0.15) is 63.9 Å². The van der Waals surface area contributed by atoms with Gasteiger partial charge in [0.05, 0.1) is 52.2 Å². The molecule has 16 nitrogen and oxygen atoms in total. The number of nitrogens with zero attached hydrogens (tertiary/aromatic N) is 3. The number of aromatic amines is 1. The summed E-state index contributed by atoms with van der Waals surface area (Å²) in [4.78, 5) is 43.8. The number of nitrogens with one attached hydrogen (secondary N) is 5. The Labute approximate surface area is 347 Å². The Bertz CT molecular complexity index is 2390. The van der Waals surface area contributed by atoms with Gasteiger partial charge in [0.15, 0.2) is 0 Å². The molecular weight excluding hydrogens is 769 g/mol. The Morgan fingerprint density at radius 2 is 1.62 bits per heavy atom. The van der Waals surface area contributed by atoms with Crippen LogP contribution in [0, 0.1) is 0 Å². The van der Waals surface area contributed by atoms with Crippen LogP contribution in [-0.2, 0) is 45.2 Å². The van der Waals surface area contributed by atoms with E-state index < -0.39 is 6.09 Å². The number of benzene rings is 3. The number of aryl methyl sites for hydroxylation is 1. The predicted octanol–water partition coefficient (Wildman–Crippen LogP) is 4.80. The van der Waals surface area contributed by atoms with Crippen molar-refractivity contribution in [2.45, 2.75) is 51.5 Å². The third-order valence-electron chi connectivity index (χ3n) is 10.5. The first kappa shape index (κ1) is 41.9. The molecule has 7 N–H and O–H groups in total. The number of hydrogen-bond acceptors (Lipinski definition) is 9. The molecule has 3 amide bonds. The Morgan fingerprint density at radius 1 is 0.833 bits per heavy atom. The number of carbonyl (C=O) groups is 3. The molecule has 316 valence electrons. The molecule has 0 fully saturated rings. The zero-order valence-electron chi connectivity index (χ0n) is 33.5. The van der Waals surface area contributed by atoms with E-state index in [0.29, 0.717) is 77.8 Å². The molecule has 0 saturated heterocycles. The van der Waals surface area contributed by atoms with Gasteiger partial charge in [0.1, 0.15) is 11.6 Å². The van der Waals surface area contributed by atoms with E-state index >= 15 is 0 Å². The van der Waals surface area contributed by atoms with Gasteiger partial charge < -0.3 is 59.8 Å². The van der Waals surface area contributed by atoms with E-state index in [1.165, 1.54) is 0 Å². The van der Waals surface area contributed by atoms with Gasteiger partial charge in [-0.3, -0.25) is 9.59 Å². The first-order valence-corrected chi connectivity index (χ1v) is 20.3. The Kier molecular flexibility index (Phi) is 14.4. The van der Waals surface area contributed by atoms with E-state index in [1.807, 2.05) is 30.6 Å². The highest BCUT2D eigenvalue weighted by Gasteiger charge is 2.33. The Balaban J connectivity index is 0.838. The molecule has 3 aromatic heterocycles.